The van der Waals surface area contributed by atoms with E-state index in [-0.39, 0.29) is 37.1 Å². The van der Waals surface area contributed by atoms with E-state index in [1.807, 2.05) is 36.9 Å². The molecule has 3 N–H and O–H groups in total. The molecule has 0 fully saturated rings. The summed E-state index contributed by atoms with van der Waals surface area (Å²) in [5.74, 6) is 0.881. The number of ether oxygens (including phenoxy) is 3. The fourth-order valence-corrected chi connectivity index (χ4v) is 3.69. The molecule has 35 heavy (non-hydrogen) atoms. The Balaban J connectivity index is 2.28. The molecule has 0 bridgehead atoms. The lowest BCUT2D eigenvalue weighted by Gasteiger charge is -2.26. The van der Waals surface area contributed by atoms with Crippen molar-refractivity contribution in [2.75, 3.05) is 58.2 Å². The summed E-state index contributed by atoms with van der Waals surface area (Å²) >= 11 is 0. The highest BCUT2D eigenvalue weighted by Crippen LogP contribution is 2.28. The maximum Gasteiger partial charge on any atom is 0.330 e. The summed E-state index contributed by atoms with van der Waals surface area (Å²) in [6, 6.07) is 5.60. The molecule has 2 rings (SSSR count). The number of amides is 1. The van der Waals surface area contributed by atoms with Crippen molar-refractivity contribution in [1.29, 1.82) is 0 Å². The summed E-state index contributed by atoms with van der Waals surface area (Å²) in [7, 11) is 4.87. The van der Waals surface area contributed by atoms with Gasteiger partial charge < -0.3 is 24.8 Å². The van der Waals surface area contributed by atoms with Crippen LogP contribution in [0, 0.1) is 0 Å². The minimum Gasteiger partial charge on any atom is -0.493 e. The molecule has 0 saturated heterocycles. The van der Waals surface area contributed by atoms with Crippen molar-refractivity contribution in [1.82, 2.24) is 14.5 Å². The molecule has 11 nitrogen and oxygen atoms in total. The third kappa shape index (κ3) is 7.33. The van der Waals surface area contributed by atoms with Gasteiger partial charge in [-0.15, -0.1) is 0 Å². The van der Waals surface area contributed by atoms with Crippen molar-refractivity contribution in [2.45, 2.75) is 39.8 Å². The molecular weight excluding hydrogens is 454 g/mol. The van der Waals surface area contributed by atoms with Gasteiger partial charge in [0.25, 0.3) is 5.56 Å². The first-order valence-corrected chi connectivity index (χ1v) is 11.7. The van der Waals surface area contributed by atoms with E-state index in [0.717, 1.165) is 12.0 Å². The summed E-state index contributed by atoms with van der Waals surface area (Å²) < 4.78 is 17.4. The molecule has 0 unspecified atom stereocenters. The number of methoxy groups -OCH3 is 2. The first-order chi connectivity index (χ1) is 16.8. The number of likely N-dealkylation sites (N-methyl/N-ethyl adjacent to an activating group) is 1. The van der Waals surface area contributed by atoms with Crippen molar-refractivity contribution in [2.24, 2.45) is 0 Å². The quantitative estimate of drug-likeness (QED) is 0.406. The van der Waals surface area contributed by atoms with Gasteiger partial charge in [-0.3, -0.25) is 24.0 Å². The normalized spacial score (nSPS) is 11.0. The number of benzene rings is 1. The Morgan fingerprint density at radius 2 is 1.91 bits per heavy atom. The number of aromatic nitrogens is 2. The number of carbonyl (C=O) groups excluding carboxylic acids is 1. The number of aromatic amines is 1. The summed E-state index contributed by atoms with van der Waals surface area (Å²) in [4.78, 5) is 43.7. The average molecular weight is 492 g/mol. The molecule has 0 spiro atoms. The number of unbranched alkanes of at least 4 members (excludes halogenated alkanes) is 1. The molecule has 194 valence electrons. The van der Waals surface area contributed by atoms with Gasteiger partial charge in [0.1, 0.15) is 5.82 Å². The highest BCUT2D eigenvalue weighted by Gasteiger charge is 2.25. The van der Waals surface area contributed by atoms with E-state index in [1.165, 1.54) is 16.6 Å². The molecule has 0 aliphatic rings. The average Bonchev–Trinajstić information content (AvgIpc) is 2.81. The van der Waals surface area contributed by atoms with Crippen LogP contribution in [0.15, 0.2) is 27.8 Å². The third-order valence-electron chi connectivity index (χ3n) is 5.42. The van der Waals surface area contributed by atoms with E-state index >= 15 is 0 Å². The van der Waals surface area contributed by atoms with E-state index in [2.05, 4.69) is 4.98 Å². The van der Waals surface area contributed by atoms with Crippen molar-refractivity contribution >= 4 is 17.4 Å². The van der Waals surface area contributed by atoms with Gasteiger partial charge in [0.2, 0.25) is 5.91 Å². The van der Waals surface area contributed by atoms with Crippen molar-refractivity contribution in [3.05, 3.63) is 44.6 Å². The Kier molecular flexibility index (Phi) is 10.8. The molecule has 0 aliphatic carbocycles. The van der Waals surface area contributed by atoms with Crippen LogP contribution in [0.2, 0.25) is 0 Å². The van der Waals surface area contributed by atoms with Crippen LogP contribution in [0.1, 0.15) is 32.3 Å². The molecule has 1 aromatic carbocycles. The number of nitrogens with zero attached hydrogens (tertiary/aromatic N) is 3. The van der Waals surface area contributed by atoms with E-state index in [1.54, 1.807) is 14.2 Å². The SMILES string of the molecule is CCCCn1c(N)c(N(CCOC)C(=O)CN(C)Cc2ccc(OCC)c(OC)c2)c(=O)[nH]c1=O. The van der Waals surface area contributed by atoms with Gasteiger partial charge in [-0.1, -0.05) is 19.4 Å². The van der Waals surface area contributed by atoms with Crippen LogP contribution in [0.5, 0.6) is 11.5 Å². The lowest BCUT2D eigenvalue weighted by atomic mass is 10.2. The number of rotatable bonds is 14. The number of anilines is 2. The molecule has 1 heterocycles. The van der Waals surface area contributed by atoms with Gasteiger partial charge in [-0.05, 0) is 38.1 Å². The Morgan fingerprint density at radius 1 is 1.17 bits per heavy atom. The number of nitrogen functional groups attached to an aromatic ring is 1. The third-order valence-corrected chi connectivity index (χ3v) is 5.42. The van der Waals surface area contributed by atoms with Gasteiger partial charge in [0.05, 0.1) is 26.9 Å². The second-order valence-electron chi connectivity index (χ2n) is 8.13. The van der Waals surface area contributed by atoms with Crippen molar-refractivity contribution in [3.8, 4) is 11.5 Å². The summed E-state index contributed by atoms with van der Waals surface area (Å²) in [5.41, 5.74) is 5.82. The molecule has 0 atom stereocenters. The van der Waals surface area contributed by atoms with E-state index in [4.69, 9.17) is 19.9 Å². The number of carbonyl (C=O) groups is 1. The Labute approximate surface area is 205 Å². The van der Waals surface area contributed by atoms with Gasteiger partial charge >= 0.3 is 5.69 Å². The molecule has 11 heteroatoms. The Morgan fingerprint density at radius 3 is 2.54 bits per heavy atom. The number of nitrogens with one attached hydrogen (secondary N) is 1. The summed E-state index contributed by atoms with van der Waals surface area (Å²) in [5, 5.41) is 0. The number of hydrogen-bond acceptors (Lipinski definition) is 8. The van der Waals surface area contributed by atoms with Crippen molar-refractivity contribution in [3.63, 3.8) is 0 Å². The van der Waals surface area contributed by atoms with Crippen LogP contribution in [-0.4, -0.2) is 67.9 Å². The van der Waals surface area contributed by atoms with Crippen molar-refractivity contribution < 1.29 is 19.0 Å². The van der Waals surface area contributed by atoms with E-state index in [9.17, 15) is 14.4 Å². The minimum absolute atomic E-state index is 0.00616. The zero-order valence-electron chi connectivity index (χ0n) is 21.3. The fraction of sp³-hybridized carbons (Fsp3) is 0.542. The number of H-pyrrole nitrogens is 1. The van der Waals surface area contributed by atoms with E-state index < -0.39 is 11.2 Å². The smallest absolute Gasteiger partial charge is 0.330 e. The van der Waals surface area contributed by atoms with Gasteiger partial charge in [-0.2, -0.15) is 0 Å². The Bertz CT molecular complexity index is 1100. The predicted octanol–water partition coefficient (Wildman–Crippen LogP) is 1.44. The van der Waals surface area contributed by atoms with Crippen LogP contribution in [-0.2, 0) is 22.6 Å². The highest BCUT2D eigenvalue weighted by atomic mass is 16.5. The summed E-state index contributed by atoms with van der Waals surface area (Å²) in [6.45, 7) is 5.51. The number of nitrogens with two attached hydrogens (primary N) is 1. The molecule has 0 radical (unpaired) electrons. The van der Waals surface area contributed by atoms with Gasteiger partial charge in [0, 0.05) is 26.7 Å². The summed E-state index contributed by atoms with van der Waals surface area (Å²) in [6.07, 6.45) is 1.55. The number of hydrogen-bond donors (Lipinski definition) is 2. The molecule has 0 saturated carbocycles. The lowest BCUT2D eigenvalue weighted by molar-refractivity contribution is -0.119. The van der Waals surface area contributed by atoms with Crippen LogP contribution >= 0.6 is 0 Å². The second kappa shape index (κ2) is 13.5. The minimum atomic E-state index is -0.705. The lowest BCUT2D eigenvalue weighted by Crippen LogP contribution is -2.45. The second-order valence-corrected chi connectivity index (χ2v) is 8.13. The first-order valence-electron chi connectivity index (χ1n) is 11.7. The van der Waals surface area contributed by atoms with Crippen LogP contribution in [0.25, 0.3) is 0 Å². The predicted molar refractivity (Wildman–Crippen MR) is 135 cm³/mol. The topological polar surface area (TPSA) is 132 Å². The van der Waals surface area contributed by atoms with Gasteiger partial charge in [-0.25, -0.2) is 4.79 Å². The molecular formula is C24H37N5O6. The maximum absolute atomic E-state index is 13.3. The van der Waals surface area contributed by atoms with Crippen LogP contribution in [0.3, 0.4) is 0 Å². The molecule has 1 aromatic heterocycles. The Hall–Kier alpha value is -3.31. The van der Waals surface area contributed by atoms with Crippen LogP contribution in [0.4, 0.5) is 11.5 Å². The molecule has 2 aromatic rings. The van der Waals surface area contributed by atoms with Crippen LogP contribution < -0.4 is 31.4 Å². The molecule has 0 aliphatic heterocycles. The maximum atomic E-state index is 13.3. The highest BCUT2D eigenvalue weighted by molar-refractivity contribution is 5.96. The van der Waals surface area contributed by atoms with E-state index in [0.29, 0.717) is 37.6 Å². The molecule has 1 amide bonds. The zero-order chi connectivity index (χ0) is 26.0. The zero-order valence-corrected chi connectivity index (χ0v) is 21.3. The first kappa shape index (κ1) is 27.9. The monoisotopic (exact) mass is 491 g/mol. The largest absolute Gasteiger partial charge is 0.493 e. The van der Waals surface area contributed by atoms with Gasteiger partial charge in [0.15, 0.2) is 17.2 Å². The standard InChI is InChI=1S/C24H37N5O6/c1-6-8-11-29-22(25)21(23(31)26-24(29)32)28(12-13-33-4)20(30)16-27(3)15-17-9-10-18(35-7-2)19(14-17)34-5/h9-10,14H,6-8,11-13,15-16,25H2,1-5H3,(H,26,31,32). The fourth-order valence-electron chi connectivity index (χ4n) is 3.69.